The second-order valence-corrected chi connectivity index (χ2v) is 7.66. The number of benzene rings is 1. The van der Waals surface area contributed by atoms with Gasteiger partial charge in [0.2, 0.25) is 0 Å². The van der Waals surface area contributed by atoms with E-state index in [4.69, 9.17) is 11.6 Å². The zero-order valence-electron chi connectivity index (χ0n) is 14.5. The molecule has 134 valence electrons. The van der Waals surface area contributed by atoms with Crippen molar-refractivity contribution in [2.75, 3.05) is 11.9 Å². The first-order valence-electron chi connectivity index (χ1n) is 8.10. The Hall–Kier alpha value is -2.05. The maximum atomic E-state index is 12.8. The largest absolute Gasteiger partial charge is 0.336 e. The first kappa shape index (κ1) is 19.3. The molecule has 2 rings (SSSR count). The summed E-state index contributed by atoms with van der Waals surface area (Å²) in [4.78, 5) is 27.4. The van der Waals surface area contributed by atoms with Crippen LogP contribution < -0.4 is 10.6 Å². The Bertz CT molecular complexity index is 745. The fourth-order valence-corrected chi connectivity index (χ4v) is 3.40. The molecule has 25 heavy (non-hydrogen) atoms. The van der Waals surface area contributed by atoms with Gasteiger partial charge in [0, 0.05) is 28.7 Å². The molecule has 0 aliphatic carbocycles. The Morgan fingerprint density at radius 1 is 1.24 bits per heavy atom. The lowest BCUT2D eigenvalue weighted by atomic mass is 10.1. The molecular formula is C18H22ClN3O2S. The summed E-state index contributed by atoms with van der Waals surface area (Å²) in [7, 11) is 0. The van der Waals surface area contributed by atoms with E-state index in [-0.39, 0.29) is 18.0 Å². The number of amides is 3. The Labute approximate surface area is 157 Å². The van der Waals surface area contributed by atoms with Crippen LogP contribution in [0.1, 0.15) is 36.0 Å². The third-order valence-corrected chi connectivity index (χ3v) is 4.65. The van der Waals surface area contributed by atoms with Gasteiger partial charge in [0.15, 0.2) is 0 Å². The van der Waals surface area contributed by atoms with Crippen LogP contribution in [0, 0.1) is 0 Å². The average molecular weight is 380 g/mol. The van der Waals surface area contributed by atoms with E-state index in [1.54, 1.807) is 29.2 Å². The van der Waals surface area contributed by atoms with Gasteiger partial charge in [0.05, 0.1) is 10.9 Å². The quantitative estimate of drug-likeness (QED) is 0.770. The number of hydrogen-bond donors (Lipinski definition) is 2. The summed E-state index contributed by atoms with van der Waals surface area (Å²) >= 11 is 7.43. The monoisotopic (exact) mass is 379 g/mol. The molecule has 1 aromatic heterocycles. The van der Waals surface area contributed by atoms with Gasteiger partial charge in [-0.1, -0.05) is 17.7 Å². The van der Waals surface area contributed by atoms with E-state index in [0.29, 0.717) is 28.7 Å². The minimum Gasteiger partial charge on any atom is -0.336 e. The number of urea groups is 1. The van der Waals surface area contributed by atoms with Gasteiger partial charge >= 0.3 is 6.03 Å². The van der Waals surface area contributed by atoms with E-state index in [2.05, 4.69) is 10.6 Å². The Morgan fingerprint density at radius 3 is 2.60 bits per heavy atom. The summed E-state index contributed by atoms with van der Waals surface area (Å²) in [6.07, 6.45) is 0. The summed E-state index contributed by atoms with van der Waals surface area (Å²) in [5, 5.41) is 5.49. The average Bonchev–Trinajstić information content (AvgIpc) is 2.96. The summed E-state index contributed by atoms with van der Waals surface area (Å²) in [5.41, 5.74) is 1.12. The van der Waals surface area contributed by atoms with Crippen molar-refractivity contribution in [2.24, 2.45) is 0 Å². The molecule has 3 amide bonds. The van der Waals surface area contributed by atoms with Crippen molar-refractivity contribution in [1.82, 2.24) is 10.2 Å². The molecule has 1 heterocycles. The normalized spacial score (nSPS) is 10.6. The van der Waals surface area contributed by atoms with E-state index in [0.717, 1.165) is 4.88 Å². The predicted molar refractivity (Wildman–Crippen MR) is 103 cm³/mol. The third-order valence-electron chi connectivity index (χ3n) is 3.43. The van der Waals surface area contributed by atoms with Crippen molar-refractivity contribution in [3.63, 3.8) is 0 Å². The molecule has 0 saturated heterocycles. The van der Waals surface area contributed by atoms with E-state index in [1.165, 1.54) is 11.3 Å². The van der Waals surface area contributed by atoms with Crippen molar-refractivity contribution in [1.29, 1.82) is 0 Å². The smallest absolute Gasteiger partial charge is 0.319 e. The van der Waals surface area contributed by atoms with Crippen LogP contribution in [0.5, 0.6) is 0 Å². The maximum Gasteiger partial charge on any atom is 0.319 e. The van der Waals surface area contributed by atoms with Gasteiger partial charge in [0.25, 0.3) is 5.91 Å². The maximum absolute atomic E-state index is 12.8. The van der Waals surface area contributed by atoms with Crippen LogP contribution in [-0.2, 0) is 6.54 Å². The van der Waals surface area contributed by atoms with Crippen molar-refractivity contribution in [3.05, 3.63) is 51.2 Å². The minimum atomic E-state index is -0.292. The third kappa shape index (κ3) is 5.76. The highest BCUT2D eigenvalue weighted by molar-refractivity contribution is 7.16. The molecule has 1 aromatic carbocycles. The van der Waals surface area contributed by atoms with E-state index >= 15 is 0 Å². The van der Waals surface area contributed by atoms with Crippen LogP contribution in [0.15, 0.2) is 36.4 Å². The molecule has 0 fully saturated rings. The second-order valence-electron chi connectivity index (χ2n) is 5.86. The lowest BCUT2D eigenvalue weighted by molar-refractivity contribution is 0.0754. The number of anilines is 1. The van der Waals surface area contributed by atoms with Crippen molar-refractivity contribution < 1.29 is 9.59 Å². The van der Waals surface area contributed by atoms with Crippen molar-refractivity contribution >= 4 is 40.6 Å². The fourth-order valence-electron chi connectivity index (χ4n) is 2.29. The van der Waals surface area contributed by atoms with Crippen LogP contribution in [0.25, 0.3) is 0 Å². The molecule has 0 aliphatic rings. The van der Waals surface area contributed by atoms with Crippen LogP contribution in [-0.4, -0.2) is 29.4 Å². The van der Waals surface area contributed by atoms with Crippen LogP contribution in [0.3, 0.4) is 0 Å². The van der Waals surface area contributed by atoms with Crippen LogP contribution in [0.2, 0.25) is 4.34 Å². The molecule has 5 nitrogen and oxygen atoms in total. The zero-order chi connectivity index (χ0) is 18.4. The van der Waals surface area contributed by atoms with Gasteiger partial charge in [-0.2, -0.15) is 0 Å². The molecule has 2 N–H and O–H groups in total. The molecule has 7 heteroatoms. The first-order chi connectivity index (χ1) is 11.9. The first-order valence-corrected chi connectivity index (χ1v) is 9.29. The summed E-state index contributed by atoms with van der Waals surface area (Å²) in [5.74, 6) is -0.0834. The van der Waals surface area contributed by atoms with E-state index < -0.39 is 0 Å². The Kier molecular flexibility index (Phi) is 6.84. The summed E-state index contributed by atoms with van der Waals surface area (Å²) in [6, 6.07) is 10.5. The molecule has 0 atom stereocenters. The molecule has 0 saturated carbocycles. The SMILES string of the molecule is CCN(Cc1ccc(Cl)s1)C(=O)c1cccc(NC(=O)NC(C)C)c1. The standard InChI is InChI=1S/C18H22ClN3O2S/c1-4-22(11-15-8-9-16(19)25-15)17(23)13-6-5-7-14(10-13)21-18(24)20-12(2)3/h5-10,12H,4,11H2,1-3H3,(H2,20,21,24). The Balaban J connectivity index is 2.09. The van der Waals surface area contributed by atoms with Crippen LogP contribution in [0.4, 0.5) is 10.5 Å². The van der Waals surface area contributed by atoms with Crippen LogP contribution >= 0.6 is 22.9 Å². The number of carbonyl (C=O) groups excluding carboxylic acids is 2. The highest BCUT2D eigenvalue weighted by atomic mass is 35.5. The lowest BCUT2D eigenvalue weighted by Crippen LogP contribution is -2.34. The van der Waals surface area contributed by atoms with Crippen molar-refractivity contribution in [3.8, 4) is 0 Å². The summed E-state index contributed by atoms with van der Waals surface area (Å²) in [6.45, 7) is 6.80. The fraction of sp³-hybridized carbons (Fsp3) is 0.333. The predicted octanol–water partition coefficient (Wildman–Crippen LogP) is 4.59. The zero-order valence-corrected chi connectivity index (χ0v) is 16.1. The van der Waals surface area contributed by atoms with Gasteiger partial charge in [-0.05, 0) is 51.1 Å². The Morgan fingerprint density at radius 2 is 2.00 bits per heavy atom. The highest BCUT2D eigenvalue weighted by Crippen LogP contribution is 2.23. The van der Waals surface area contributed by atoms with Gasteiger partial charge in [-0.15, -0.1) is 11.3 Å². The lowest BCUT2D eigenvalue weighted by Gasteiger charge is -2.20. The number of hydrogen-bond acceptors (Lipinski definition) is 3. The van der Waals surface area contributed by atoms with E-state index in [9.17, 15) is 9.59 Å². The molecule has 0 aliphatic heterocycles. The van der Waals surface area contributed by atoms with Gasteiger partial charge in [-0.25, -0.2) is 4.79 Å². The number of carbonyl (C=O) groups is 2. The molecule has 0 radical (unpaired) electrons. The molecule has 0 unspecified atom stereocenters. The molecule has 2 aromatic rings. The number of nitrogens with zero attached hydrogens (tertiary/aromatic N) is 1. The number of rotatable bonds is 6. The molecule has 0 bridgehead atoms. The van der Waals surface area contributed by atoms with Crippen molar-refractivity contribution in [2.45, 2.75) is 33.4 Å². The number of halogens is 1. The van der Waals surface area contributed by atoms with Gasteiger partial charge in [-0.3, -0.25) is 4.79 Å². The molecular weight excluding hydrogens is 358 g/mol. The highest BCUT2D eigenvalue weighted by Gasteiger charge is 2.16. The number of nitrogens with one attached hydrogen (secondary N) is 2. The summed E-state index contributed by atoms with van der Waals surface area (Å²) < 4.78 is 0.709. The molecule has 0 spiro atoms. The van der Waals surface area contributed by atoms with E-state index in [1.807, 2.05) is 32.9 Å². The van der Waals surface area contributed by atoms with Gasteiger partial charge < -0.3 is 15.5 Å². The minimum absolute atomic E-state index is 0.0398. The topological polar surface area (TPSA) is 61.4 Å². The number of thiophene rings is 1. The van der Waals surface area contributed by atoms with Gasteiger partial charge in [0.1, 0.15) is 0 Å². The second kappa shape index (κ2) is 8.87.